The van der Waals surface area contributed by atoms with Crippen LogP contribution in [0.1, 0.15) is 0 Å². The lowest BCUT2D eigenvalue weighted by Gasteiger charge is -2.11. The second kappa shape index (κ2) is 9.15. The van der Waals surface area contributed by atoms with Crippen molar-refractivity contribution in [3.05, 3.63) is 146 Å². The van der Waals surface area contributed by atoms with Gasteiger partial charge < -0.3 is 8.98 Å². The van der Waals surface area contributed by atoms with E-state index in [2.05, 4.69) is 124 Å². The summed E-state index contributed by atoms with van der Waals surface area (Å²) in [6.07, 6.45) is 1.97. The van der Waals surface area contributed by atoms with Gasteiger partial charge in [-0.1, -0.05) is 84.9 Å². The molecule has 0 aliphatic heterocycles. The van der Waals surface area contributed by atoms with Crippen LogP contribution in [-0.2, 0) is 0 Å². The van der Waals surface area contributed by atoms with E-state index >= 15 is 0 Å². The molecule has 0 saturated carbocycles. The Balaban J connectivity index is 1.25. The first-order chi connectivity index (χ1) is 22.3. The molecule has 4 heterocycles. The first kappa shape index (κ1) is 24.3. The molecule has 0 aliphatic carbocycles. The molecule has 5 heteroatoms. The van der Waals surface area contributed by atoms with Gasteiger partial charge in [0, 0.05) is 44.4 Å². The van der Waals surface area contributed by atoms with Crippen molar-refractivity contribution >= 4 is 65.5 Å². The van der Waals surface area contributed by atoms with Gasteiger partial charge in [0.05, 0.1) is 22.1 Å². The van der Waals surface area contributed by atoms with Gasteiger partial charge in [-0.05, 0) is 60.0 Å². The van der Waals surface area contributed by atoms with Crippen molar-refractivity contribution in [2.24, 2.45) is 0 Å². The Hall–Kier alpha value is -6.20. The second-order valence-corrected chi connectivity index (χ2v) is 11.5. The highest BCUT2D eigenvalue weighted by Gasteiger charge is 2.18. The van der Waals surface area contributed by atoms with Crippen LogP contribution in [-0.4, -0.2) is 19.1 Å². The molecule has 4 aromatic heterocycles. The van der Waals surface area contributed by atoms with Gasteiger partial charge in [0.15, 0.2) is 5.58 Å². The predicted octanol–water partition coefficient (Wildman–Crippen LogP) is 10.2. The van der Waals surface area contributed by atoms with Gasteiger partial charge in [0.2, 0.25) is 5.89 Å². The monoisotopic (exact) mass is 576 g/mol. The van der Waals surface area contributed by atoms with Crippen molar-refractivity contribution in [3.63, 3.8) is 0 Å². The Kier molecular flexibility index (Phi) is 4.93. The third-order valence-electron chi connectivity index (χ3n) is 8.98. The van der Waals surface area contributed by atoms with Crippen LogP contribution >= 0.6 is 0 Å². The van der Waals surface area contributed by atoms with E-state index in [-0.39, 0.29) is 0 Å². The highest BCUT2D eigenvalue weighted by Crippen LogP contribution is 2.38. The standard InChI is InChI=1S/C40H24N4O/c1-2-10-27-24-41-39(22-25(27)9-1)44-35-15-7-4-12-30(35)32-20-18-28(23-37(32)44)43-34-14-6-3-11-29(34)31-19-17-26(21-36(31)43)40-42-33-13-5-8-16-38(33)45-40/h1-24H. The molecule has 10 rings (SSSR count). The van der Waals surface area contributed by atoms with Crippen LogP contribution in [0.4, 0.5) is 0 Å². The van der Waals surface area contributed by atoms with Gasteiger partial charge in [-0.15, -0.1) is 0 Å². The maximum Gasteiger partial charge on any atom is 0.227 e. The van der Waals surface area contributed by atoms with E-state index in [1.165, 1.54) is 26.9 Å². The third kappa shape index (κ3) is 3.55. The average Bonchev–Trinajstić information content (AvgIpc) is 3.77. The summed E-state index contributed by atoms with van der Waals surface area (Å²) in [6.45, 7) is 0. The first-order valence-corrected chi connectivity index (χ1v) is 15.1. The van der Waals surface area contributed by atoms with Gasteiger partial charge in [-0.3, -0.25) is 4.57 Å². The van der Waals surface area contributed by atoms with Gasteiger partial charge in [-0.25, -0.2) is 9.97 Å². The van der Waals surface area contributed by atoms with Crippen LogP contribution in [0.25, 0.3) is 88.4 Å². The number of hydrogen-bond donors (Lipinski definition) is 0. The van der Waals surface area contributed by atoms with E-state index in [1.54, 1.807) is 0 Å². The Morgan fingerprint density at radius 3 is 1.96 bits per heavy atom. The molecule has 0 unspecified atom stereocenters. The van der Waals surface area contributed by atoms with Crippen LogP contribution in [0.3, 0.4) is 0 Å². The fraction of sp³-hybridized carbons (Fsp3) is 0. The molecule has 0 N–H and O–H groups in total. The summed E-state index contributed by atoms with van der Waals surface area (Å²) in [5.41, 5.74) is 8.15. The minimum absolute atomic E-state index is 0.618. The molecule has 0 aliphatic rings. The van der Waals surface area contributed by atoms with E-state index in [9.17, 15) is 0 Å². The maximum absolute atomic E-state index is 6.18. The molecule has 0 saturated heterocycles. The average molecular weight is 577 g/mol. The molecule has 0 radical (unpaired) electrons. The number of benzene rings is 6. The van der Waals surface area contributed by atoms with Crippen molar-refractivity contribution in [1.82, 2.24) is 19.1 Å². The Morgan fingerprint density at radius 2 is 1.13 bits per heavy atom. The van der Waals surface area contributed by atoms with Crippen molar-refractivity contribution < 1.29 is 4.42 Å². The van der Waals surface area contributed by atoms with Gasteiger partial charge in [0.25, 0.3) is 0 Å². The second-order valence-electron chi connectivity index (χ2n) is 11.5. The third-order valence-corrected chi connectivity index (χ3v) is 8.98. The molecular weight excluding hydrogens is 552 g/mol. The SMILES string of the molecule is c1ccc2cc(-n3c4ccccc4c4ccc(-n5c6ccccc6c6ccc(-c7nc8ccccc8o7)cc65)cc43)ncc2c1. The summed E-state index contributed by atoms with van der Waals surface area (Å²) >= 11 is 0. The topological polar surface area (TPSA) is 48.8 Å². The van der Waals surface area contributed by atoms with Crippen molar-refractivity contribution in [2.45, 2.75) is 0 Å². The maximum atomic E-state index is 6.18. The number of rotatable bonds is 3. The van der Waals surface area contributed by atoms with E-state index in [1.807, 2.05) is 30.5 Å². The van der Waals surface area contributed by atoms with Crippen molar-refractivity contribution in [3.8, 4) is 23.0 Å². The zero-order valence-electron chi connectivity index (χ0n) is 24.1. The minimum Gasteiger partial charge on any atom is -0.436 e. The van der Waals surface area contributed by atoms with E-state index in [0.29, 0.717) is 5.89 Å². The highest BCUT2D eigenvalue weighted by molar-refractivity contribution is 6.12. The Bertz CT molecular complexity index is 2750. The lowest BCUT2D eigenvalue weighted by atomic mass is 10.1. The normalized spacial score (nSPS) is 12.0. The summed E-state index contributed by atoms with van der Waals surface area (Å²) in [5.74, 6) is 1.52. The first-order valence-electron chi connectivity index (χ1n) is 15.1. The molecular formula is C40H24N4O. The molecule has 0 spiro atoms. The van der Waals surface area contributed by atoms with E-state index in [0.717, 1.165) is 55.6 Å². The zero-order valence-corrected chi connectivity index (χ0v) is 24.1. The molecule has 45 heavy (non-hydrogen) atoms. The van der Waals surface area contributed by atoms with Gasteiger partial charge >= 0.3 is 0 Å². The number of aromatic nitrogens is 4. The molecule has 6 aromatic carbocycles. The Labute approximate surface area is 257 Å². The predicted molar refractivity (Wildman–Crippen MR) is 183 cm³/mol. The van der Waals surface area contributed by atoms with E-state index < -0.39 is 0 Å². The summed E-state index contributed by atoms with van der Waals surface area (Å²) in [4.78, 5) is 9.74. The summed E-state index contributed by atoms with van der Waals surface area (Å²) in [7, 11) is 0. The fourth-order valence-corrected chi connectivity index (χ4v) is 6.92. The van der Waals surface area contributed by atoms with Gasteiger partial charge in [0.1, 0.15) is 11.3 Å². The quantitative estimate of drug-likeness (QED) is 0.210. The van der Waals surface area contributed by atoms with Crippen LogP contribution in [0, 0.1) is 0 Å². The van der Waals surface area contributed by atoms with E-state index in [4.69, 9.17) is 14.4 Å². The summed E-state index contributed by atoms with van der Waals surface area (Å²) < 4.78 is 10.8. The lowest BCUT2D eigenvalue weighted by Crippen LogP contribution is -1.99. The zero-order chi connectivity index (χ0) is 29.5. The number of para-hydroxylation sites is 4. The molecule has 10 aromatic rings. The smallest absolute Gasteiger partial charge is 0.227 e. The molecule has 0 bridgehead atoms. The molecule has 0 atom stereocenters. The van der Waals surface area contributed by atoms with Crippen LogP contribution < -0.4 is 0 Å². The summed E-state index contributed by atoms with van der Waals surface area (Å²) in [5, 5.41) is 7.07. The number of nitrogens with zero attached hydrogens (tertiary/aromatic N) is 4. The fourth-order valence-electron chi connectivity index (χ4n) is 6.92. The number of oxazole rings is 1. The van der Waals surface area contributed by atoms with Gasteiger partial charge in [-0.2, -0.15) is 0 Å². The molecule has 0 fully saturated rings. The lowest BCUT2D eigenvalue weighted by molar-refractivity contribution is 0.620. The van der Waals surface area contributed by atoms with Crippen LogP contribution in [0.5, 0.6) is 0 Å². The largest absolute Gasteiger partial charge is 0.436 e. The van der Waals surface area contributed by atoms with Crippen molar-refractivity contribution in [2.75, 3.05) is 0 Å². The summed E-state index contributed by atoms with van der Waals surface area (Å²) in [6, 6.07) is 48.9. The Morgan fingerprint density at radius 1 is 0.489 bits per heavy atom. The molecule has 5 nitrogen and oxygen atoms in total. The number of pyridine rings is 1. The van der Waals surface area contributed by atoms with Crippen LogP contribution in [0.2, 0.25) is 0 Å². The van der Waals surface area contributed by atoms with Crippen molar-refractivity contribution in [1.29, 1.82) is 0 Å². The molecule has 210 valence electrons. The van der Waals surface area contributed by atoms with Crippen LogP contribution in [0.15, 0.2) is 150 Å². The molecule has 0 amide bonds. The minimum atomic E-state index is 0.618. The highest BCUT2D eigenvalue weighted by atomic mass is 16.3. The number of hydrogen-bond acceptors (Lipinski definition) is 3. The number of fused-ring (bicyclic) bond motifs is 8.